The maximum atomic E-state index is 13.2. The number of fused-ring (bicyclic) bond motifs is 3. The lowest BCUT2D eigenvalue weighted by atomic mass is 9.79. The molecule has 31 heavy (non-hydrogen) atoms. The summed E-state index contributed by atoms with van der Waals surface area (Å²) in [6, 6.07) is 16.3. The Morgan fingerprint density at radius 3 is 2.61 bits per heavy atom. The smallest absolute Gasteiger partial charge is 0.293 e. The van der Waals surface area contributed by atoms with E-state index in [1.54, 1.807) is 22.4 Å². The summed E-state index contributed by atoms with van der Waals surface area (Å²) < 4.78 is 4.30. The van der Waals surface area contributed by atoms with Crippen LogP contribution < -0.4 is 5.69 Å². The van der Waals surface area contributed by atoms with Gasteiger partial charge in [-0.1, -0.05) is 35.0 Å². The lowest BCUT2D eigenvalue weighted by molar-refractivity contribution is 0.495. The molecule has 1 aliphatic carbocycles. The minimum absolute atomic E-state index is 0.119. The van der Waals surface area contributed by atoms with E-state index in [4.69, 9.17) is 0 Å². The number of aromatic nitrogens is 3. The number of nitriles is 1. The van der Waals surface area contributed by atoms with Gasteiger partial charge in [0.15, 0.2) is 0 Å². The van der Waals surface area contributed by atoms with Crippen LogP contribution in [0.5, 0.6) is 0 Å². The van der Waals surface area contributed by atoms with Gasteiger partial charge >= 0.3 is 5.69 Å². The van der Waals surface area contributed by atoms with Gasteiger partial charge in [-0.25, -0.2) is 4.79 Å². The molecule has 3 unspecified atom stereocenters. The van der Waals surface area contributed by atoms with E-state index in [1.165, 1.54) is 6.42 Å². The fraction of sp³-hybridized carbons (Fsp3) is 0.320. The van der Waals surface area contributed by atoms with E-state index < -0.39 is 5.41 Å². The summed E-state index contributed by atoms with van der Waals surface area (Å²) in [6.07, 6.45) is 3.83. The monoisotopic (exact) mass is 474 g/mol. The van der Waals surface area contributed by atoms with Gasteiger partial charge in [-0.15, -0.1) is 0 Å². The average Bonchev–Trinajstić information content (AvgIpc) is 3.40. The van der Waals surface area contributed by atoms with Crippen LogP contribution in [0.3, 0.4) is 0 Å². The molecule has 2 aromatic heterocycles. The molecule has 0 saturated heterocycles. The summed E-state index contributed by atoms with van der Waals surface area (Å²) in [7, 11) is 1.77. The van der Waals surface area contributed by atoms with E-state index in [1.807, 2.05) is 49.4 Å². The van der Waals surface area contributed by atoms with Crippen LogP contribution in [0.1, 0.15) is 32.3 Å². The topological polar surface area (TPSA) is 63.6 Å². The van der Waals surface area contributed by atoms with Gasteiger partial charge in [-0.2, -0.15) is 5.26 Å². The van der Waals surface area contributed by atoms with Gasteiger partial charge in [0.25, 0.3) is 0 Å². The SMILES string of the molecule is CC1CC1CC(C)(C#N)c1ccc(-n2c(=O)n(C)c3cnc4ccc(Br)cc4c32)cc1. The highest BCUT2D eigenvalue weighted by Gasteiger charge is 2.40. The molecular formula is C25H23BrN4O. The molecule has 0 bridgehead atoms. The molecule has 2 aromatic carbocycles. The summed E-state index contributed by atoms with van der Waals surface area (Å²) in [5, 5.41) is 10.8. The van der Waals surface area contributed by atoms with E-state index in [0.29, 0.717) is 11.8 Å². The molecule has 156 valence electrons. The molecular weight excluding hydrogens is 452 g/mol. The molecule has 0 amide bonds. The van der Waals surface area contributed by atoms with E-state index in [2.05, 4.69) is 33.9 Å². The second-order valence-corrected chi connectivity index (χ2v) is 9.91. The Morgan fingerprint density at radius 2 is 1.97 bits per heavy atom. The van der Waals surface area contributed by atoms with Crippen molar-refractivity contribution in [3.05, 3.63) is 69.2 Å². The predicted octanol–water partition coefficient (Wildman–Crippen LogP) is 5.47. The van der Waals surface area contributed by atoms with Crippen LogP contribution in [-0.4, -0.2) is 14.1 Å². The van der Waals surface area contributed by atoms with Gasteiger partial charge in [0.1, 0.15) is 0 Å². The van der Waals surface area contributed by atoms with Gasteiger partial charge in [0, 0.05) is 16.9 Å². The first-order valence-electron chi connectivity index (χ1n) is 10.5. The van der Waals surface area contributed by atoms with Crippen molar-refractivity contribution in [2.24, 2.45) is 18.9 Å². The highest BCUT2D eigenvalue weighted by Crippen LogP contribution is 2.46. The first-order chi connectivity index (χ1) is 14.8. The third kappa shape index (κ3) is 3.19. The fourth-order valence-corrected chi connectivity index (χ4v) is 4.98. The second-order valence-electron chi connectivity index (χ2n) is 9.00. The number of halogens is 1. The van der Waals surface area contributed by atoms with Crippen molar-refractivity contribution in [3.8, 4) is 11.8 Å². The van der Waals surface area contributed by atoms with Crippen molar-refractivity contribution in [2.45, 2.75) is 32.1 Å². The number of aryl methyl sites for hydroxylation is 1. The molecule has 1 fully saturated rings. The van der Waals surface area contributed by atoms with E-state index >= 15 is 0 Å². The number of hydrogen-bond acceptors (Lipinski definition) is 3. The summed E-state index contributed by atoms with van der Waals surface area (Å²) >= 11 is 3.54. The Bertz CT molecular complexity index is 1430. The number of benzene rings is 2. The van der Waals surface area contributed by atoms with Gasteiger partial charge in [-0.3, -0.25) is 14.1 Å². The Labute approximate surface area is 189 Å². The zero-order valence-corrected chi connectivity index (χ0v) is 19.3. The summed E-state index contributed by atoms with van der Waals surface area (Å²) in [5.74, 6) is 1.34. The zero-order chi connectivity index (χ0) is 21.9. The molecule has 3 atom stereocenters. The molecule has 0 spiro atoms. The standard InChI is InChI=1S/C25H23BrN4O/c1-15-10-16(15)12-25(2,14-27)17-4-7-19(8-5-17)30-23-20-11-18(26)6-9-21(20)28-13-22(23)29(3)24(30)31/h4-9,11,13,15-16H,10,12H2,1-3H3. The first kappa shape index (κ1) is 20.0. The van der Waals surface area contributed by atoms with Crippen LogP contribution in [0.25, 0.3) is 27.6 Å². The summed E-state index contributed by atoms with van der Waals surface area (Å²) in [5.41, 5.74) is 3.60. The third-order valence-electron chi connectivity index (χ3n) is 6.80. The van der Waals surface area contributed by atoms with Gasteiger partial charge in [0.2, 0.25) is 0 Å². The van der Waals surface area contributed by atoms with Crippen molar-refractivity contribution in [1.29, 1.82) is 5.26 Å². The quantitative estimate of drug-likeness (QED) is 0.393. The van der Waals surface area contributed by atoms with Crippen molar-refractivity contribution in [1.82, 2.24) is 14.1 Å². The molecule has 6 heteroatoms. The molecule has 1 saturated carbocycles. The Kier molecular flexibility index (Phi) is 4.56. The van der Waals surface area contributed by atoms with Crippen molar-refractivity contribution >= 4 is 37.9 Å². The number of hydrogen-bond donors (Lipinski definition) is 0. The molecule has 0 radical (unpaired) electrons. The van der Waals surface area contributed by atoms with Crippen LogP contribution in [0, 0.1) is 23.2 Å². The van der Waals surface area contributed by atoms with Crippen LogP contribution >= 0.6 is 15.9 Å². The third-order valence-corrected chi connectivity index (χ3v) is 7.29. The second kappa shape index (κ2) is 7.06. The van der Waals surface area contributed by atoms with Crippen LogP contribution in [-0.2, 0) is 12.5 Å². The Morgan fingerprint density at radius 1 is 1.26 bits per heavy atom. The molecule has 1 aliphatic rings. The lowest BCUT2D eigenvalue weighted by Crippen LogP contribution is -2.22. The molecule has 4 aromatic rings. The zero-order valence-electron chi connectivity index (χ0n) is 17.8. The van der Waals surface area contributed by atoms with Crippen molar-refractivity contribution in [2.75, 3.05) is 0 Å². The van der Waals surface area contributed by atoms with Crippen LogP contribution in [0.2, 0.25) is 0 Å². The Hall–Kier alpha value is -2.91. The number of imidazole rings is 1. The highest BCUT2D eigenvalue weighted by molar-refractivity contribution is 9.10. The average molecular weight is 475 g/mol. The fourth-order valence-electron chi connectivity index (χ4n) is 4.62. The summed E-state index contributed by atoms with van der Waals surface area (Å²) in [6.45, 7) is 4.27. The lowest BCUT2D eigenvalue weighted by Gasteiger charge is -2.22. The molecule has 0 aliphatic heterocycles. The van der Waals surface area contributed by atoms with Gasteiger partial charge < -0.3 is 0 Å². The Balaban J connectivity index is 1.66. The van der Waals surface area contributed by atoms with Crippen LogP contribution in [0.15, 0.2) is 57.9 Å². The predicted molar refractivity (Wildman–Crippen MR) is 126 cm³/mol. The minimum atomic E-state index is -0.515. The van der Waals surface area contributed by atoms with E-state index in [-0.39, 0.29) is 5.69 Å². The van der Waals surface area contributed by atoms with Crippen molar-refractivity contribution < 1.29 is 0 Å². The van der Waals surface area contributed by atoms with Gasteiger partial charge in [0.05, 0.1) is 39.9 Å². The normalized spacial score (nSPS) is 20.0. The maximum Gasteiger partial charge on any atom is 0.333 e. The number of rotatable bonds is 4. The number of pyridine rings is 1. The molecule has 5 nitrogen and oxygen atoms in total. The number of nitrogens with zero attached hydrogens (tertiary/aromatic N) is 4. The van der Waals surface area contributed by atoms with Crippen LogP contribution in [0.4, 0.5) is 0 Å². The summed E-state index contributed by atoms with van der Waals surface area (Å²) in [4.78, 5) is 17.7. The molecule has 5 rings (SSSR count). The largest absolute Gasteiger partial charge is 0.333 e. The van der Waals surface area contributed by atoms with Gasteiger partial charge in [-0.05, 0) is 67.5 Å². The van der Waals surface area contributed by atoms with E-state index in [9.17, 15) is 10.1 Å². The van der Waals surface area contributed by atoms with Crippen molar-refractivity contribution in [3.63, 3.8) is 0 Å². The first-order valence-corrected chi connectivity index (χ1v) is 11.3. The molecule has 2 heterocycles. The minimum Gasteiger partial charge on any atom is -0.293 e. The highest BCUT2D eigenvalue weighted by atomic mass is 79.9. The molecule has 0 N–H and O–H groups in total. The maximum absolute atomic E-state index is 13.2. The van der Waals surface area contributed by atoms with E-state index in [0.717, 1.165) is 44.1 Å².